The Morgan fingerprint density at radius 3 is 2.89 bits per heavy atom. The second-order valence-electron chi connectivity index (χ2n) is 4.97. The highest BCUT2D eigenvalue weighted by molar-refractivity contribution is 5.29. The van der Waals surface area contributed by atoms with Crippen molar-refractivity contribution in [3.05, 3.63) is 41.7 Å². The molecule has 0 saturated heterocycles. The Kier molecular flexibility index (Phi) is 4.14. The minimum Gasteiger partial charge on any atom is -0.483 e. The third kappa shape index (κ3) is 3.53. The van der Waals surface area contributed by atoms with E-state index < -0.39 is 0 Å². The van der Waals surface area contributed by atoms with Crippen LogP contribution in [0.1, 0.15) is 25.2 Å². The van der Waals surface area contributed by atoms with Crippen LogP contribution in [0.4, 0.5) is 4.39 Å². The van der Waals surface area contributed by atoms with Crippen LogP contribution in [0.5, 0.6) is 5.75 Å². The monoisotopic (exact) mass is 263 g/mol. The van der Waals surface area contributed by atoms with Crippen LogP contribution in [0.25, 0.3) is 0 Å². The van der Waals surface area contributed by atoms with Gasteiger partial charge in [-0.1, -0.05) is 19.9 Å². The Labute approximate surface area is 112 Å². The summed E-state index contributed by atoms with van der Waals surface area (Å²) in [5.41, 5.74) is 0.958. The van der Waals surface area contributed by atoms with E-state index in [0.29, 0.717) is 11.7 Å². The molecule has 0 aliphatic heterocycles. The SMILES string of the molecule is Cc1ccc(F)c(OCc2ncnn2CC(C)C)c1. The Balaban J connectivity index is 2.06. The number of nitrogens with zero attached hydrogens (tertiary/aromatic N) is 3. The average molecular weight is 263 g/mol. The maximum absolute atomic E-state index is 13.5. The van der Waals surface area contributed by atoms with Gasteiger partial charge in [-0.15, -0.1) is 0 Å². The van der Waals surface area contributed by atoms with E-state index in [1.165, 1.54) is 12.4 Å². The first kappa shape index (κ1) is 13.5. The van der Waals surface area contributed by atoms with Gasteiger partial charge >= 0.3 is 0 Å². The summed E-state index contributed by atoms with van der Waals surface area (Å²) in [4.78, 5) is 4.14. The zero-order valence-electron chi connectivity index (χ0n) is 11.4. The van der Waals surface area contributed by atoms with E-state index in [1.807, 2.05) is 6.92 Å². The highest BCUT2D eigenvalue weighted by Gasteiger charge is 2.09. The molecule has 0 bridgehead atoms. The molecule has 0 saturated carbocycles. The Morgan fingerprint density at radius 2 is 2.16 bits per heavy atom. The summed E-state index contributed by atoms with van der Waals surface area (Å²) >= 11 is 0. The molecular weight excluding hydrogens is 245 g/mol. The number of aromatic nitrogens is 3. The molecule has 0 aliphatic rings. The lowest BCUT2D eigenvalue weighted by Crippen LogP contribution is -2.12. The standard InChI is InChI=1S/C14H18FN3O/c1-10(2)7-18-14(16-9-17-18)8-19-13-6-11(3)4-5-12(13)15/h4-6,9-10H,7-8H2,1-3H3. The minimum absolute atomic E-state index is 0.215. The molecule has 19 heavy (non-hydrogen) atoms. The number of rotatable bonds is 5. The lowest BCUT2D eigenvalue weighted by atomic mass is 10.2. The van der Waals surface area contributed by atoms with Crippen LogP contribution in [0.2, 0.25) is 0 Å². The van der Waals surface area contributed by atoms with Crippen molar-refractivity contribution in [1.82, 2.24) is 14.8 Å². The predicted molar refractivity (Wildman–Crippen MR) is 70.3 cm³/mol. The van der Waals surface area contributed by atoms with E-state index >= 15 is 0 Å². The van der Waals surface area contributed by atoms with E-state index in [1.54, 1.807) is 16.8 Å². The summed E-state index contributed by atoms with van der Waals surface area (Å²) in [6, 6.07) is 4.80. The Morgan fingerprint density at radius 1 is 1.37 bits per heavy atom. The van der Waals surface area contributed by atoms with Gasteiger partial charge in [0.1, 0.15) is 12.9 Å². The van der Waals surface area contributed by atoms with Gasteiger partial charge in [0.15, 0.2) is 17.4 Å². The fourth-order valence-corrected chi connectivity index (χ4v) is 1.76. The largest absolute Gasteiger partial charge is 0.483 e. The smallest absolute Gasteiger partial charge is 0.165 e. The van der Waals surface area contributed by atoms with Gasteiger partial charge in [0.25, 0.3) is 0 Å². The summed E-state index contributed by atoms with van der Waals surface area (Å²) in [5, 5.41) is 4.14. The van der Waals surface area contributed by atoms with Gasteiger partial charge in [-0.3, -0.25) is 0 Å². The number of ether oxygens (including phenoxy) is 1. The molecule has 0 radical (unpaired) electrons. The van der Waals surface area contributed by atoms with Gasteiger partial charge in [-0.2, -0.15) is 5.10 Å². The second-order valence-corrected chi connectivity index (χ2v) is 4.97. The average Bonchev–Trinajstić information content (AvgIpc) is 2.77. The van der Waals surface area contributed by atoms with Crippen molar-refractivity contribution in [1.29, 1.82) is 0 Å². The highest BCUT2D eigenvalue weighted by Crippen LogP contribution is 2.19. The maximum atomic E-state index is 13.5. The molecule has 0 amide bonds. The van der Waals surface area contributed by atoms with Crippen molar-refractivity contribution in [3.63, 3.8) is 0 Å². The fourth-order valence-electron chi connectivity index (χ4n) is 1.76. The van der Waals surface area contributed by atoms with Gasteiger partial charge < -0.3 is 4.74 Å². The lowest BCUT2D eigenvalue weighted by molar-refractivity contribution is 0.269. The molecule has 5 heteroatoms. The zero-order valence-corrected chi connectivity index (χ0v) is 11.4. The summed E-state index contributed by atoms with van der Waals surface area (Å²) in [7, 11) is 0. The van der Waals surface area contributed by atoms with Crippen LogP contribution < -0.4 is 4.74 Å². The van der Waals surface area contributed by atoms with E-state index in [-0.39, 0.29) is 18.2 Å². The van der Waals surface area contributed by atoms with Crippen molar-refractivity contribution in [3.8, 4) is 5.75 Å². The molecule has 1 aromatic carbocycles. The highest BCUT2D eigenvalue weighted by atomic mass is 19.1. The first-order valence-electron chi connectivity index (χ1n) is 6.32. The molecule has 102 valence electrons. The van der Waals surface area contributed by atoms with Crippen LogP contribution >= 0.6 is 0 Å². The molecule has 2 rings (SSSR count). The van der Waals surface area contributed by atoms with Crippen molar-refractivity contribution in [2.45, 2.75) is 33.9 Å². The van der Waals surface area contributed by atoms with Crippen LogP contribution in [0.3, 0.4) is 0 Å². The molecule has 1 aromatic heterocycles. The van der Waals surface area contributed by atoms with Crippen molar-refractivity contribution < 1.29 is 9.13 Å². The van der Waals surface area contributed by atoms with Gasteiger partial charge in [-0.05, 0) is 30.5 Å². The summed E-state index contributed by atoms with van der Waals surface area (Å²) in [5.74, 6) is 1.06. The summed E-state index contributed by atoms with van der Waals surface area (Å²) < 4.78 is 20.8. The number of aryl methyl sites for hydroxylation is 1. The van der Waals surface area contributed by atoms with E-state index in [4.69, 9.17) is 4.74 Å². The van der Waals surface area contributed by atoms with Crippen LogP contribution in [-0.2, 0) is 13.2 Å². The molecule has 0 fully saturated rings. The Bertz CT molecular complexity index is 551. The fraction of sp³-hybridized carbons (Fsp3) is 0.429. The second kappa shape index (κ2) is 5.82. The molecule has 0 aliphatic carbocycles. The predicted octanol–water partition coefficient (Wildman–Crippen LogP) is 2.96. The first-order chi connectivity index (χ1) is 9.06. The topological polar surface area (TPSA) is 39.9 Å². The molecule has 0 N–H and O–H groups in total. The van der Waals surface area contributed by atoms with Gasteiger partial charge in [-0.25, -0.2) is 14.1 Å². The quantitative estimate of drug-likeness (QED) is 0.832. The minimum atomic E-state index is -0.361. The van der Waals surface area contributed by atoms with E-state index in [9.17, 15) is 4.39 Å². The number of benzene rings is 1. The van der Waals surface area contributed by atoms with Crippen LogP contribution in [0, 0.1) is 18.7 Å². The van der Waals surface area contributed by atoms with Gasteiger partial charge in [0, 0.05) is 6.54 Å². The normalized spacial score (nSPS) is 11.0. The van der Waals surface area contributed by atoms with Crippen LogP contribution in [0.15, 0.2) is 24.5 Å². The molecule has 1 heterocycles. The molecule has 2 aromatic rings. The molecular formula is C14H18FN3O. The number of halogens is 1. The molecule has 0 unspecified atom stereocenters. The molecule has 4 nitrogen and oxygen atoms in total. The zero-order chi connectivity index (χ0) is 13.8. The Hall–Kier alpha value is -1.91. The maximum Gasteiger partial charge on any atom is 0.165 e. The molecule has 0 atom stereocenters. The third-order valence-electron chi connectivity index (χ3n) is 2.68. The van der Waals surface area contributed by atoms with Crippen molar-refractivity contribution in [2.24, 2.45) is 5.92 Å². The first-order valence-corrected chi connectivity index (χ1v) is 6.32. The van der Waals surface area contributed by atoms with Crippen molar-refractivity contribution >= 4 is 0 Å². The lowest BCUT2D eigenvalue weighted by Gasteiger charge is -2.10. The third-order valence-corrected chi connectivity index (χ3v) is 2.68. The van der Waals surface area contributed by atoms with Gasteiger partial charge in [0.05, 0.1) is 0 Å². The summed E-state index contributed by atoms with van der Waals surface area (Å²) in [6.45, 7) is 7.09. The van der Waals surface area contributed by atoms with Gasteiger partial charge in [0.2, 0.25) is 0 Å². The van der Waals surface area contributed by atoms with Crippen molar-refractivity contribution in [2.75, 3.05) is 0 Å². The van der Waals surface area contributed by atoms with E-state index in [2.05, 4.69) is 23.9 Å². The van der Waals surface area contributed by atoms with Crippen LogP contribution in [-0.4, -0.2) is 14.8 Å². The number of hydrogen-bond donors (Lipinski definition) is 0. The number of hydrogen-bond acceptors (Lipinski definition) is 3. The van der Waals surface area contributed by atoms with E-state index in [0.717, 1.165) is 12.1 Å². The summed E-state index contributed by atoms with van der Waals surface area (Å²) in [6.07, 6.45) is 1.49. The molecule has 0 spiro atoms.